The zero-order valence-corrected chi connectivity index (χ0v) is 13.3. The summed E-state index contributed by atoms with van der Waals surface area (Å²) in [5.74, 6) is 0.668. The molecule has 1 N–H and O–H groups in total. The van der Waals surface area contributed by atoms with Gasteiger partial charge in [0.25, 0.3) is 5.91 Å². The summed E-state index contributed by atoms with van der Waals surface area (Å²) in [7, 11) is 0. The first-order chi connectivity index (χ1) is 11.3. The van der Waals surface area contributed by atoms with Gasteiger partial charge in [-0.25, -0.2) is 0 Å². The van der Waals surface area contributed by atoms with Gasteiger partial charge in [-0.15, -0.1) is 0 Å². The first-order valence-corrected chi connectivity index (χ1v) is 8.53. The number of hydrogen-bond acceptors (Lipinski definition) is 2. The summed E-state index contributed by atoms with van der Waals surface area (Å²) < 4.78 is 0. The van der Waals surface area contributed by atoms with Gasteiger partial charge in [0.1, 0.15) is 0 Å². The Morgan fingerprint density at radius 2 is 1.96 bits per heavy atom. The van der Waals surface area contributed by atoms with Crippen molar-refractivity contribution in [2.24, 2.45) is 0 Å². The molecule has 2 aromatic rings. The molecule has 0 spiro atoms. The van der Waals surface area contributed by atoms with Crippen molar-refractivity contribution in [1.82, 2.24) is 4.90 Å². The molecule has 0 bridgehead atoms. The maximum absolute atomic E-state index is 13.0. The second-order valence-electron chi connectivity index (χ2n) is 6.51. The third-order valence-electron chi connectivity index (χ3n) is 5.07. The van der Waals surface area contributed by atoms with Gasteiger partial charge in [0.15, 0.2) is 0 Å². The average molecular weight is 306 g/mol. The molecule has 0 aliphatic carbocycles. The van der Waals surface area contributed by atoms with Crippen molar-refractivity contribution in [3.05, 3.63) is 65.2 Å². The zero-order chi connectivity index (χ0) is 15.6. The van der Waals surface area contributed by atoms with Crippen LogP contribution in [0.4, 0.5) is 5.69 Å². The lowest BCUT2D eigenvalue weighted by atomic mass is 9.96. The van der Waals surface area contributed by atoms with Gasteiger partial charge in [0.2, 0.25) is 0 Å². The Bertz CT molecular complexity index is 711. The number of fused-ring (bicyclic) bond motifs is 1. The third kappa shape index (κ3) is 2.72. The summed E-state index contributed by atoms with van der Waals surface area (Å²) in [5, 5.41) is 3.41. The number of nitrogens with one attached hydrogen (secondary N) is 1. The summed E-state index contributed by atoms with van der Waals surface area (Å²) in [6.45, 7) is 2.69. The number of carbonyl (C=O) groups is 1. The van der Waals surface area contributed by atoms with E-state index in [2.05, 4.69) is 35.6 Å². The molecule has 1 unspecified atom stereocenters. The molecule has 3 nitrogen and oxygen atoms in total. The van der Waals surface area contributed by atoms with Crippen molar-refractivity contribution in [3.63, 3.8) is 0 Å². The van der Waals surface area contributed by atoms with E-state index in [1.807, 2.05) is 23.1 Å². The van der Waals surface area contributed by atoms with Crippen molar-refractivity contribution >= 4 is 11.6 Å². The van der Waals surface area contributed by atoms with Crippen LogP contribution in [0.1, 0.15) is 40.2 Å². The van der Waals surface area contributed by atoms with Crippen molar-refractivity contribution < 1.29 is 4.79 Å². The molecular formula is C20H22N2O. The van der Waals surface area contributed by atoms with E-state index < -0.39 is 0 Å². The van der Waals surface area contributed by atoms with Gasteiger partial charge in [0, 0.05) is 36.8 Å². The summed E-state index contributed by atoms with van der Waals surface area (Å²) >= 11 is 0. The SMILES string of the molecule is O=C(c1cccc2c1CCCN2)N1CCC(c2ccccc2)C1. The molecule has 0 aromatic heterocycles. The molecule has 1 fully saturated rings. The van der Waals surface area contributed by atoms with Crippen LogP contribution < -0.4 is 5.32 Å². The predicted octanol–water partition coefficient (Wildman–Crippen LogP) is 3.67. The first-order valence-electron chi connectivity index (χ1n) is 8.53. The van der Waals surface area contributed by atoms with Crippen LogP contribution in [0.2, 0.25) is 0 Å². The van der Waals surface area contributed by atoms with Gasteiger partial charge >= 0.3 is 0 Å². The van der Waals surface area contributed by atoms with E-state index in [-0.39, 0.29) is 5.91 Å². The largest absolute Gasteiger partial charge is 0.385 e. The van der Waals surface area contributed by atoms with E-state index in [0.29, 0.717) is 5.92 Å². The number of amides is 1. The van der Waals surface area contributed by atoms with Crippen LogP contribution in [-0.4, -0.2) is 30.4 Å². The number of likely N-dealkylation sites (tertiary alicyclic amines) is 1. The van der Waals surface area contributed by atoms with Gasteiger partial charge in [-0.3, -0.25) is 4.79 Å². The first kappa shape index (κ1) is 14.3. The van der Waals surface area contributed by atoms with E-state index in [4.69, 9.17) is 0 Å². The molecule has 1 atom stereocenters. The fourth-order valence-corrected chi connectivity index (χ4v) is 3.82. The lowest BCUT2D eigenvalue weighted by Crippen LogP contribution is -2.30. The maximum atomic E-state index is 13.0. The molecule has 1 amide bonds. The molecule has 1 saturated heterocycles. The van der Waals surface area contributed by atoms with Gasteiger partial charge in [-0.05, 0) is 42.5 Å². The Labute approximate surface area is 137 Å². The molecule has 2 aliphatic rings. The monoisotopic (exact) mass is 306 g/mol. The number of benzene rings is 2. The molecule has 2 aliphatic heterocycles. The van der Waals surface area contributed by atoms with E-state index in [1.54, 1.807) is 0 Å². The van der Waals surface area contributed by atoms with Crippen molar-refractivity contribution in [3.8, 4) is 0 Å². The minimum absolute atomic E-state index is 0.198. The molecule has 4 rings (SSSR count). The molecule has 2 aromatic carbocycles. The molecule has 118 valence electrons. The Hall–Kier alpha value is -2.29. The van der Waals surface area contributed by atoms with Crippen LogP contribution in [-0.2, 0) is 6.42 Å². The number of anilines is 1. The topological polar surface area (TPSA) is 32.3 Å². The Kier molecular flexibility index (Phi) is 3.78. The van der Waals surface area contributed by atoms with E-state index >= 15 is 0 Å². The van der Waals surface area contributed by atoms with E-state index in [0.717, 1.165) is 50.1 Å². The summed E-state index contributed by atoms with van der Waals surface area (Å²) in [4.78, 5) is 15.0. The highest BCUT2D eigenvalue weighted by molar-refractivity contribution is 5.97. The molecule has 23 heavy (non-hydrogen) atoms. The minimum Gasteiger partial charge on any atom is -0.385 e. The Morgan fingerprint density at radius 3 is 2.83 bits per heavy atom. The number of hydrogen-bond donors (Lipinski definition) is 1. The van der Waals surface area contributed by atoms with Crippen LogP contribution in [0.25, 0.3) is 0 Å². The van der Waals surface area contributed by atoms with Gasteiger partial charge in [-0.2, -0.15) is 0 Å². The van der Waals surface area contributed by atoms with Crippen LogP contribution >= 0.6 is 0 Å². The van der Waals surface area contributed by atoms with Gasteiger partial charge in [0.05, 0.1) is 0 Å². The minimum atomic E-state index is 0.198. The van der Waals surface area contributed by atoms with Gasteiger partial charge < -0.3 is 10.2 Å². The second-order valence-corrected chi connectivity index (χ2v) is 6.51. The van der Waals surface area contributed by atoms with Gasteiger partial charge in [-0.1, -0.05) is 36.4 Å². The molecule has 3 heteroatoms. The highest BCUT2D eigenvalue weighted by Gasteiger charge is 2.29. The number of carbonyl (C=O) groups excluding carboxylic acids is 1. The van der Waals surface area contributed by atoms with Crippen molar-refractivity contribution in [2.75, 3.05) is 25.0 Å². The summed E-state index contributed by atoms with van der Waals surface area (Å²) in [6, 6.07) is 16.6. The van der Waals surface area contributed by atoms with E-state index in [1.165, 1.54) is 11.1 Å². The smallest absolute Gasteiger partial charge is 0.254 e. The summed E-state index contributed by atoms with van der Waals surface area (Å²) in [5.41, 5.74) is 4.58. The average Bonchev–Trinajstić information content (AvgIpc) is 3.11. The summed E-state index contributed by atoms with van der Waals surface area (Å²) in [6.07, 6.45) is 3.16. The highest BCUT2D eigenvalue weighted by Crippen LogP contribution is 2.31. The lowest BCUT2D eigenvalue weighted by Gasteiger charge is -2.23. The fourth-order valence-electron chi connectivity index (χ4n) is 3.82. The van der Waals surface area contributed by atoms with Crippen molar-refractivity contribution in [1.29, 1.82) is 0 Å². The van der Waals surface area contributed by atoms with Crippen LogP contribution in [0, 0.1) is 0 Å². The number of nitrogens with zero attached hydrogens (tertiary/aromatic N) is 1. The predicted molar refractivity (Wildman–Crippen MR) is 93.0 cm³/mol. The Balaban J connectivity index is 1.55. The maximum Gasteiger partial charge on any atom is 0.254 e. The Morgan fingerprint density at radius 1 is 1.09 bits per heavy atom. The molecule has 2 heterocycles. The fraction of sp³-hybridized carbons (Fsp3) is 0.350. The lowest BCUT2D eigenvalue weighted by molar-refractivity contribution is 0.0789. The van der Waals surface area contributed by atoms with E-state index in [9.17, 15) is 4.79 Å². The molecule has 0 saturated carbocycles. The van der Waals surface area contributed by atoms with Crippen LogP contribution in [0.5, 0.6) is 0 Å². The van der Waals surface area contributed by atoms with Crippen LogP contribution in [0.3, 0.4) is 0 Å². The third-order valence-corrected chi connectivity index (χ3v) is 5.07. The van der Waals surface area contributed by atoms with Crippen molar-refractivity contribution in [2.45, 2.75) is 25.2 Å². The normalized spacial score (nSPS) is 20.0. The quantitative estimate of drug-likeness (QED) is 0.918. The molecule has 0 radical (unpaired) electrons. The second kappa shape index (κ2) is 6.07. The molecular weight excluding hydrogens is 284 g/mol. The zero-order valence-electron chi connectivity index (χ0n) is 13.3. The standard InChI is InChI=1S/C20H22N2O/c23-20(18-8-4-10-19-17(18)9-5-12-21-19)22-13-11-16(14-22)15-6-2-1-3-7-15/h1-4,6-8,10,16,21H,5,9,11-14H2. The highest BCUT2D eigenvalue weighted by atomic mass is 16.2. The number of rotatable bonds is 2. The van der Waals surface area contributed by atoms with Crippen LogP contribution in [0.15, 0.2) is 48.5 Å².